The number of aryl methyl sites for hydroxylation is 3. The molecular formula is C12H13N3O3S. The lowest BCUT2D eigenvalue weighted by molar-refractivity contribution is -0.386. The van der Waals surface area contributed by atoms with Crippen molar-refractivity contribution in [3.05, 3.63) is 43.5 Å². The van der Waals surface area contributed by atoms with E-state index < -0.39 is 4.92 Å². The molecule has 0 aliphatic rings. The Morgan fingerprint density at radius 3 is 2.74 bits per heavy atom. The zero-order valence-corrected chi connectivity index (χ0v) is 11.7. The minimum atomic E-state index is -0.492. The summed E-state index contributed by atoms with van der Waals surface area (Å²) in [4.78, 5) is 19.8. The normalized spacial score (nSPS) is 10.5. The van der Waals surface area contributed by atoms with E-state index in [-0.39, 0.29) is 18.2 Å². The molecule has 19 heavy (non-hydrogen) atoms. The highest BCUT2D eigenvalue weighted by Crippen LogP contribution is 2.26. The van der Waals surface area contributed by atoms with Gasteiger partial charge in [-0.05, 0) is 26.3 Å². The third-order valence-corrected chi connectivity index (χ3v) is 3.62. The predicted molar refractivity (Wildman–Crippen MR) is 71.5 cm³/mol. The molecule has 0 aliphatic carbocycles. The maximum Gasteiger partial charge on any atom is 0.331 e. The van der Waals surface area contributed by atoms with Crippen LogP contribution in [0.3, 0.4) is 0 Å². The van der Waals surface area contributed by atoms with E-state index in [4.69, 9.17) is 4.74 Å². The van der Waals surface area contributed by atoms with Crippen LogP contribution in [0.4, 0.5) is 5.69 Å². The maximum atomic E-state index is 10.9. The molecule has 6 nitrogen and oxygen atoms in total. The molecule has 0 spiro atoms. The Hall–Kier alpha value is -2.02. The summed E-state index contributed by atoms with van der Waals surface area (Å²) in [5.74, 6) is 0.0288. The summed E-state index contributed by atoms with van der Waals surface area (Å²) < 4.78 is 5.40. The molecule has 0 aliphatic heterocycles. The molecule has 0 saturated carbocycles. The Labute approximate surface area is 114 Å². The van der Waals surface area contributed by atoms with Crippen LogP contribution in [-0.2, 0) is 6.61 Å². The van der Waals surface area contributed by atoms with E-state index in [1.807, 2.05) is 13.8 Å². The number of hydrogen-bond donors (Lipinski definition) is 0. The van der Waals surface area contributed by atoms with Gasteiger partial charge in [-0.3, -0.25) is 10.1 Å². The number of hydrogen-bond acceptors (Lipinski definition) is 6. The molecule has 0 aromatic carbocycles. The van der Waals surface area contributed by atoms with Crippen molar-refractivity contribution in [3.8, 4) is 5.88 Å². The Kier molecular flexibility index (Phi) is 3.75. The van der Waals surface area contributed by atoms with Crippen molar-refractivity contribution in [1.82, 2.24) is 9.97 Å². The van der Waals surface area contributed by atoms with Crippen LogP contribution in [-0.4, -0.2) is 14.9 Å². The Morgan fingerprint density at radius 2 is 2.16 bits per heavy atom. The van der Waals surface area contributed by atoms with Crippen LogP contribution in [0.25, 0.3) is 0 Å². The molecule has 0 bridgehead atoms. The van der Waals surface area contributed by atoms with Gasteiger partial charge in [0.05, 0.1) is 10.6 Å². The van der Waals surface area contributed by atoms with Crippen molar-refractivity contribution in [2.24, 2.45) is 0 Å². The number of nitro groups is 1. The molecule has 2 aromatic rings. The van der Waals surface area contributed by atoms with Crippen LogP contribution in [0.1, 0.15) is 21.1 Å². The molecule has 0 amide bonds. The second-order valence-corrected chi connectivity index (χ2v) is 5.42. The number of nitrogens with zero attached hydrogens (tertiary/aromatic N) is 3. The first-order valence-corrected chi connectivity index (χ1v) is 6.45. The van der Waals surface area contributed by atoms with Gasteiger partial charge in [0.25, 0.3) is 5.88 Å². The molecule has 0 saturated heterocycles. The van der Waals surface area contributed by atoms with Crippen LogP contribution in [0.15, 0.2) is 12.3 Å². The zero-order valence-electron chi connectivity index (χ0n) is 10.8. The van der Waals surface area contributed by atoms with Gasteiger partial charge in [0.15, 0.2) is 0 Å². The van der Waals surface area contributed by atoms with E-state index in [9.17, 15) is 10.1 Å². The van der Waals surface area contributed by atoms with Crippen molar-refractivity contribution in [3.63, 3.8) is 0 Å². The molecule has 0 N–H and O–H groups in total. The summed E-state index contributed by atoms with van der Waals surface area (Å²) in [7, 11) is 0. The molecule has 0 unspecified atom stereocenters. The SMILES string of the molecule is Cc1cnc(OCc2nc(C)c(C)s2)c([N+](=O)[O-])c1. The van der Waals surface area contributed by atoms with Gasteiger partial charge in [-0.2, -0.15) is 0 Å². The first-order chi connectivity index (χ1) is 8.97. The van der Waals surface area contributed by atoms with Crippen LogP contribution in [0.5, 0.6) is 5.88 Å². The summed E-state index contributed by atoms with van der Waals surface area (Å²) in [5, 5.41) is 11.7. The number of pyridine rings is 1. The molecule has 7 heteroatoms. The summed E-state index contributed by atoms with van der Waals surface area (Å²) in [5.41, 5.74) is 1.56. The van der Waals surface area contributed by atoms with E-state index in [2.05, 4.69) is 9.97 Å². The van der Waals surface area contributed by atoms with E-state index in [0.29, 0.717) is 0 Å². The lowest BCUT2D eigenvalue weighted by Crippen LogP contribution is -2.01. The van der Waals surface area contributed by atoms with Gasteiger partial charge in [0, 0.05) is 17.1 Å². The molecule has 100 valence electrons. The van der Waals surface area contributed by atoms with Crippen LogP contribution < -0.4 is 4.74 Å². The van der Waals surface area contributed by atoms with Crippen molar-refractivity contribution >= 4 is 17.0 Å². The third kappa shape index (κ3) is 3.05. The predicted octanol–water partition coefficient (Wildman–Crippen LogP) is 2.95. The van der Waals surface area contributed by atoms with Crippen LogP contribution >= 0.6 is 11.3 Å². The average Bonchev–Trinajstić information content (AvgIpc) is 2.67. The standard InChI is InChI=1S/C12H13N3O3S/c1-7-4-10(15(16)17)12(13-5-7)18-6-11-14-8(2)9(3)19-11/h4-5H,6H2,1-3H3. The molecular weight excluding hydrogens is 266 g/mol. The summed E-state index contributed by atoms with van der Waals surface area (Å²) in [6, 6.07) is 1.45. The van der Waals surface area contributed by atoms with Crippen molar-refractivity contribution in [1.29, 1.82) is 0 Å². The van der Waals surface area contributed by atoms with Gasteiger partial charge >= 0.3 is 5.69 Å². The van der Waals surface area contributed by atoms with Gasteiger partial charge < -0.3 is 4.74 Å². The monoisotopic (exact) mass is 279 g/mol. The van der Waals surface area contributed by atoms with E-state index in [0.717, 1.165) is 21.1 Å². The van der Waals surface area contributed by atoms with Gasteiger partial charge in [-0.25, -0.2) is 9.97 Å². The van der Waals surface area contributed by atoms with Crippen molar-refractivity contribution in [2.45, 2.75) is 27.4 Å². The first-order valence-electron chi connectivity index (χ1n) is 5.64. The zero-order chi connectivity index (χ0) is 14.0. The fourth-order valence-electron chi connectivity index (χ4n) is 1.51. The quantitative estimate of drug-likeness (QED) is 0.635. The van der Waals surface area contributed by atoms with Crippen LogP contribution in [0.2, 0.25) is 0 Å². The topological polar surface area (TPSA) is 78.2 Å². The van der Waals surface area contributed by atoms with E-state index in [1.54, 1.807) is 13.1 Å². The maximum absolute atomic E-state index is 10.9. The molecule has 0 radical (unpaired) electrons. The fourth-order valence-corrected chi connectivity index (χ4v) is 2.36. The smallest absolute Gasteiger partial charge is 0.331 e. The number of rotatable bonds is 4. The van der Waals surface area contributed by atoms with E-state index in [1.165, 1.54) is 17.4 Å². The second kappa shape index (κ2) is 5.31. The molecule has 0 atom stereocenters. The highest BCUT2D eigenvalue weighted by atomic mass is 32.1. The fraction of sp³-hybridized carbons (Fsp3) is 0.333. The summed E-state index contributed by atoms with van der Waals surface area (Å²) in [6.07, 6.45) is 1.54. The molecule has 0 fully saturated rings. The molecule has 2 rings (SSSR count). The Bertz CT molecular complexity index is 605. The third-order valence-electron chi connectivity index (χ3n) is 2.57. The lowest BCUT2D eigenvalue weighted by atomic mass is 10.3. The molecule has 2 aromatic heterocycles. The Balaban J connectivity index is 2.17. The molecule has 2 heterocycles. The highest BCUT2D eigenvalue weighted by Gasteiger charge is 2.17. The number of aromatic nitrogens is 2. The lowest BCUT2D eigenvalue weighted by Gasteiger charge is -2.04. The summed E-state index contributed by atoms with van der Waals surface area (Å²) >= 11 is 1.52. The van der Waals surface area contributed by atoms with Gasteiger partial charge in [-0.1, -0.05) is 0 Å². The van der Waals surface area contributed by atoms with Crippen molar-refractivity contribution in [2.75, 3.05) is 0 Å². The van der Waals surface area contributed by atoms with Crippen LogP contribution in [0, 0.1) is 30.9 Å². The number of ether oxygens (including phenoxy) is 1. The van der Waals surface area contributed by atoms with Gasteiger partial charge in [0.1, 0.15) is 11.6 Å². The minimum absolute atomic E-state index is 0.0288. The minimum Gasteiger partial charge on any atom is -0.465 e. The largest absolute Gasteiger partial charge is 0.465 e. The first kappa shape index (κ1) is 13.4. The van der Waals surface area contributed by atoms with Crippen molar-refractivity contribution < 1.29 is 9.66 Å². The van der Waals surface area contributed by atoms with E-state index >= 15 is 0 Å². The van der Waals surface area contributed by atoms with Gasteiger partial charge in [-0.15, -0.1) is 11.3 Å². The Morgan fingerprint density at radius 1 is 1.42 bits per heavy atom. The van der Waals surface area contributed by atoms with Gasteiger partial charge in [0.2, 0.25) is 0 Å². The number of thiazole rings is 1. The summed E-state index contributed by atoms with van der Waals surface area (Å²) in [6.45, 7) is 5.83. The highest BCUT2D eigenvalue weighted by molar-refractivity contribution is 7.11. The second-order valence-electron chi connectivity index (χ2n) is 4.13. The average molecular weight is 279 g/mol.